The summed E-state index contributed by atoms with van der Waals surface area (Å²) in [7, 11) is 4.87. The van der Waals surface area contributed by atoms with E-state index in [4.69, 9.17) is 9.47 Å². The van der Waals surface area contributed by atoms with Crippen molar-refractivity contribution < 1.29 is 18.7 Å². The van der Waals surface area contributed by atoms with Gasteiger partial charge in [0.2, 0.25) is 5.91 Å². The summed E-state index contributed by atoms with van der Waals surface area (Å²) in [4.78, 5) is 13.5. The number of nitrogens with one attached hydrogen (secondary N) is 1. The second-order valence-corrected chi connectivity index (χ2v) is 4.84. The van der Waals surface area contributed by atoms with E-state index in [1.807, 2.05) is 11.9 Å². The lowest BCUT2D eigenvalue weighted by Gasteiger charge is -2.16. The van der Waals surface area contributed by atoms with Gasteiger partial charge in [-0.3, -0.25) is 9.69 Å². The van der Waals surface area contributed by atoms with Gasteiger partial charge in [-0.15, -0.1) is 0 Å². The summed E-state index contributed by atoms with van der Waals surface area (Å²) < 4.78 is 23.3. The van der Waals surface area contributed by atoms with E-state index in [9.17, 15) is 9.18 Å². The Morgan fingerprint density at radius 3 is 2.76 bits per heavy atom. The summed E-state index contributed by atoms with van der Waals surface area (Å²) in [6, 6.07) is 4.80. The van der Waals surface area contributed by atoms with Gasteiger partial charge >= 0.3 is 0 Å². The maximum atomic E-state index is 13.6. The minimum atomic E-state index is -0.396. The molecule has 0 saturated heterocycles. The molecule has 6 heteroatoms. The fourth-order valence-corrected chi connectivity index (χ4v) is 1.92. The number of nitrogens with zero attached hydrogens (tertiary/aromatic N) is 1. The second kappa shape index (κ2) is 9.31. The summed E-state index contributed by atoms with van der Waals surface area (Å²) in [6.45, 7) is 1.98. The summed E-state index contributed by atoms with van der Waals surface area (Å²) in [5.41, 5.74) is 0.794. The molecule has 0 fully saturated rings. The van der Waals surface area contributed by atoms with E-state index in [1.54, 1.807) is 19.2 Å². The number of benzene rings is 1. The predicted molar refractivity (Wildman–Crippen MR) is 78.8 cm³/mol. The van der Waals surface area contributed by atoms with Gasteiger partial charge in [-0.2, -0.15) is 0 Å². The molecule has 1 aromatic carbocycles. The zero-order chi connectivity index (χ0) is 15.7. The molecule has 0 aromatic heterocycles. The Bertz CT molecular complexity index is 455. The highest BCUT2D eigenvalue weighted by atomic mass is 19.1. The lowest BCUT2D eigenvalue weighted by Crippen LogP contribution is -2.35. The van der Waals surface area contributed by atoms with Crippen molar-refractivity contribution in [3.63, 3.8) is 0 Å². The molecule has 0 aliphatic heterocycles. The Morgan fingerprint density at radius 2 is 2.14 bits per heavy atom. The number of methoxy groups -OCH3 is 2. The standard InChI is InChI=1S/C15H23FN2O3/c1-18(11-15(19)17-7-4-8-20-2)10-12-5-6-14(21-3)13(16)9-12/h5-6,9H,4,7-8,10-11H2,1-3H3,(H,17,19). The lowest BCUT2D eigenvalue weighted by atomic mass is 10.2. The highest BCUT2D eigenvalue weighted by Crippen LogP contribution is 2.18. The first-order valence-electron chi connectivity index (χ1n) is 6.83. The molecule has 21 heavy (non-hydrogen) atoms. The number of amides is 1. The van der Waals surface area contributed by atoms with Crippen LogP contribution in [0, 0.1) is 5.82 Å². The van der Waals surface area contributed by atoms with Gasteiger partial charge in [0, 0.05) is 26.8 Å². The molecule has 0 aliphatic carbocycles. The van der Waals surface area contributed by atoms with Crippen LogP contribution in [0.1, 0.15) is 12.0 Å². The lowest BCUT2D eigenvalue weighted by molar-refractivity contribution is -0.122. The maximum absolute atomic E-state index is 13.6. The summed E-state index contributed by atoms with van der Waals surface area (Å²) in [5, 5.41) is 2.81. The monoisotopic (exact) mass is 298 g/mol. The van der Waals surface area contributed by atoms with Crippen molar-refractivity contribution in [2.75, 3.05) is 41.0 Å². The SMILES string of the molecule is COCCCNC(=O)CN(C)Cc1ccc(OC)c(F)c1. The molecule has 0 saturated carbocycles. The fraction of sp³-hybridized carbons (Fsp3) is 0.533. The topological polar surface area (TPSA) is 50.8 Å². The van der Waals surface area contributed by atoms with Crippen molar-refractivity contribution >= 4 is 5.91 Å². The summed E-state index contributed by atoms with van der Waals surface area (Å²) in [6.07, 6.45) is 0.787. The van der Waals surface area contributed by atoms with Crippen molar-refractivity contribution in [2.24, 2.45) is 0 Å². The van der Waals surface area contributed by atoms with Crippen LogP contribution in [0.4, 0.5) is 4.39 Å². The molecule has 5 nitrogen and oxygen atoms in total. The van der Waals surface area contributed by atoms with Crippen LogP contribution >= 0.6 is 0 Å². The van der Waals surface area contributed by atoms with E-state index >= 15 is 0 Å². The molecular weight excluding hydrogens is 275 g/mol. The first kappa shape index (κ1) is 17.4. The third-order valence-corrected chi connectivity index (χ3v) is 2.93. The van der Waals surface area contributed by atoms with Crippen LogP contribution in [0.3, 0.4) is 0 Å². The zero-order valence-electron chi connectivity index (χ0n) is 12.8. The van der Waals surface area contributed by atoms with Crippen molar-refractivity contribution in [1.29, 1.82) is 0 Å². The van der Waals surface area contributed by atoms with E-state index in [1.165, 1.54) is 13.2 Å². The van der Waals surface area contributed by atoms with Crippen LogP contribution in [0.15, 0.2) is 18.2 Å². The molecule has 1 N–H and O–H groups in total. The number of likely N-dealkylation sites (N-methyl/N-ethyl adjacent to an activating group) is 1. The quantitative estimate of drug-likeness (QED) is 0.701. The highest BCUT2D eigenvalue weighted by molar-refractivity contribution is 5.77. The Kier molecular flexibility index (Phi) is 7.71. The fourth-order valence-electron chi connectivity index (χ4n) is 1.92. The first-order chi connectivity index (χ1) is 10.1. The molecular formula is C15H23FN2O3. The van der Waals surface area contributed by atoms with Crippen LogP contribution in [-0.4, -0.2) is 51.8 Å². The highest BCUT2D eigenvalue weighted by Gasteiger charge is 2.09. The molecule has 0 bridgehead atoms. The van der Waals surface area contributed by atoms with Crippen LogP contribution in [-0.2, 0) is 16.1 Å². The molecule has 0 atom stereocenters. The van der Waals surface area contributed by atoms with Gasteiger partial charge in [-0.1, -0.05) is 6.07 Å². The molecule has 118 valence electrons. The largest absolute Gasteiger partial charge is 0.494 e. The van der Waals surface area contributed by atoms with Gasteiger partial charge in [0.25, 0.3) is 0 Å². The third-order valence-electron chi connectivity index (χ3n) is 2.93. The zero-order valence-corrected chi connectivity index (χ0v) is 12.8. The van der Waals surface area contributed by atoms with E-state index < -0.39 is 5.82 Å². The van der Waals surface area contributed by atoms with E-state index in [-0.39, 0.29) is 18.2 Å². The maximum Gasteiger partial charge on any atom is 0.234 e. The van der Waals surface area contributed by atoms with Crippen LogP contribution < -0.4 is 10.1 Å². The van der Waals surface area contributed by atoms with Crippen molar-refractivity contribution in [1.82, 2.24) is 10.2 Å². The molecule has 0 heterocycles. The van der Waals surface area contributed by atoms with E-state index in [2.05, 4.69) is 5.32 Å². The molecule has 0 radical (unpaired) electrons. The van der Waals surface area contributed by atoms with Crippen molar-refractivity contribution in [3.8, 4) is 5.75 Å². The van der Waals surface area contributed by atoms with E-state index in [0.29, 0.717) is 19.7 Å². The number of rotatable bonds is 9. The Balaban J connectivity index is 2.37. The number of ether oxygens (including phenoxy) is 2. The Labute approximate surface area is 125 Å². The number of carbonyl (C=O) groups excluding carboxylic acids is 1. The van der Waals surface area contributed by atoms with Crippen molar-refractivity contribution in [3.05, 3.63) is 29.6 Å². The number of carbonyl (C=O) groups is 1. The molecule has 0 spiro atoms. The van der Waals surface area contributed by atoms with Gasteiger partial charge in [0.1, 0.15) is 0 Å². The smallest absolute Gasteiger partial charge is 0.234 e. The minimum Gasteiger partial charge on any atom is -0.494 e. The summed E-state index contributed by atoms with van der Waals surface area (Å²) in [5.74, 6) is -0.229. The van der Waals surface area contributed by atoms with Crippen LogP contribution in [0.2, 0.25) is 0 Å². The Hall–Kier alpha value is -1.66. The van der Waals surface area contributed by atoms with E-state index in [0.717, 1.165) is 12.0 Å². The van der Waals surface area contributed by atoms with Gasteiger partial charge < -0.3 is 14.8 Å². The number of hydrogen-bond donors (Lipinski definition) is 1. The molecule has 0 aliphatic rings. The number of hydrogen-bond acceptors (Lipinski definition) is 4. The minimum absolute atomic E-state index is 0.0532. The molecule has 1 rings (SSSR count). The van der Waals surface area contributed by atoms with Crippen LogP contribution in [0.25, 0.3) is 0 Å². The average molecular weight is 298 g/mol. The van der Waals surface area contributed by atoms with Crippen LogP contribution in [0.5, 0.6) is 5.75 Å². The van der Waals surface area contributed by atoms with Gasteiger partial charge in [-0.25, -0.2) is 4.39 Å². The number of halogens is 1. The van der Waals surface area contributed by atoms with Crippen molar-refractivity contribution in [2.45, 2.75) is 13.0 Å². The molecule has 1 amide bonds. The Morgan fingerprint density at radius 1 is 1.38 bits per heavy atom. The average Bonchev–Trinajstić information content (AvgIpc) is 2.43. The second-order valence-electron chi connectivity index (χ2n) is 4.84. The van der Waals surface area contributed by atoms with Gasteiger partial charge in [0.15, 0.2) is 11.6 Å². The third kappa shape index (κ3) is 6.55. The normalized spacial score (nSPS) is 10.7. The molecule has 0 unspecified atom stereocenters. The first-order valence-corrected chi connectivity index (χ1v) is 6.83. The predicted octanol–water partition coefficient (Wildman–Crippen LogP) is 1.42. The summed E-state index contributed by atoms with van der Waals surface area (Å²) >= 11 is 0. The van der Waals surface area contributed by atoms with Gasteiger partial charge in [-0.05, 0) is 31.2 Å². The molecule has 1 aromatic rings. The van der Waals surface area contributed by atoms with Gasteiger partial charge in [0.05, 0.1) is 13.7 Å².